The Balaban J connectivity index is 1.58. The second-order valence-corrected chi connectivity index (χ2v) is 10.1. The van der Waals surface area contributed by atoms with Crippen molar-refractivity contribution in [2.45, 2.75) is 51.1 Å². The molecule has 0 radical (unpaired) electrons. The summed E-state index contributed by atoms with van der Waals surface area (Å²) in [5.41, 5.74) is 1.96. The first-order valence-electron chi connectivity index (χ1n) is 10.9. The van der Waals surface area contributed by atoms with Gasteiger partial charge in [0.2, 0.25) is 5.91 Å². The predicted molar refractivity (Wildman–Crippen MR) is 125 cm³/mol. The van der Waals surface area contributed by atoms with Crippen molar-refractivity contribution in [3.63, 3.8) is 0 Å². The van der Waals surface area contributed by atoms with Crippen molar-refractivity contribution in [2.24, 2.45) is 13.0 Å². The number of hydrogen-bond donors (Lipinski definition) is 1. The number of carbonyl (C=O) groups is 1. The summed E-state index contributed by atoms with van der Waals surface area (Å²) in [6.07, 6.45) is 7.67. The number of rotatable bonds is 7. The molecule has 3 aromatic rings. The summed E-state index contributed by atoms with van der Waals surface area (Å²) < 4.78 is 4.39. The van der Waals surface area contributed by atoms with Crippen LogP contribution in [0.1, 0.15) is 51.4 Å². The van der Waals surface area contributed by atoms with Crippen molar-refractivity contribution in [3.05, 3.63) is 54.6 Å². The third kappa shape index (κ3) is 4.29. The van der Waals surface area contributed by atoms with E-state index in [0.29, 0.717) is 12.3 Å². The van der Waals surface area contributed by atoms with Crippen LogP contribution in [0, 0.1) is 5.92 Å². The number of fused-ring (bicyclic) bond motifs is 1. The molecule has 0 spiro atoms. The summed E-state index contributed by atoms with van der Waals surface area (Å²) in [6, 6.07) is 12.2. The van der Waals surface area contributed by atoms with Gasteiger partial charge in [0.1, 0.15) is 5.82 Å². The maximum Gasteiger partial charge on any atom is 0.222 e. The topological polar surface area (TPSA) is 51.9 Å². The third-order valence-corrected chi connectivity index (χ3v) is 7.23. The average Bonchev–Trinajstić information content (AvgIpc) is 3.37. The van der Waals surface area contributed by atoms with E-state index in [4.69, 9.17) is 4.98 Å². The second kappa shape index (κ2) is 8.88. The Morgan fingerprint density at radius 1 is 1.17 bits per heavy atom. The Kier molecular flexibility index (Phi) is 6.23. The normalized spacial score (nSPS) is 17.3. The van der Waals surface area contributed by atoms with Crippen LogP contribution in [0.3, 0.4) is 0 Å². The first-order valence-corrected chi connectivity index (χ1v) is 12.1. The first-order chi connectivity index (χ1) is 14.5. The van der Waals surface area contributed by atoms with E-state index >= 15 is 0 Å². The van der Waals surface area contributed by atoms with Crippen LogP contribution < -0.4 is 5.32 Å². The highest BCUT2D eigenvalue weighted by Gasteiger charge is 2.36. The van der Waals surface area contributed by atoms with Crippen LogP contribution in [0.2, 0.25) is 0 Å². The van der Waals surface area contributed by atoms with Crippen LogP contribution in [0.25, 0.3) is 11.0 Å². The molecule has 30 heavy (non-hydrogen) atoms. The molecule has 1 aliphatic rings. The molecule has 1 amide bonds. The SMILES string of the molecule is CC(C)C[C@H](NC(=O)CC1(n2cccc2)CCSCC1)c1nc2ccccc2n1C. The van der Waals surface area contributed by atoms with E-state index in [1.165, 1.54) is 0 Å². The van der Waals surface area contributed by atoms with Gasteiger partial charge in [0.05, 0.1) is 29.0 Å². The van der Waals surface area contributed by atoms with Crippen LogP contribution in [-0.2, 0) is 17.4 Å². The first kappa shape index (κ1) is 21.0. The van der Waals surface area contributed by atoms with Crippen molar-refractivity contribution >= 4 is 28.7 Å². The Hall–Kier alpha value is -2.21. The zero-order chi connectivity index (χ0) is 21.1. The van der Waals surface area contributed by atoms with Gasteiger partial charge >= 0.3 is 0 Å². The van der Waals surface area contributed by atoms with Gasteiger partial charge in [-0.15, -0.1) is 0 Å². The highest BCUT2D eigenvalue weighted by Crippen LogP contribution is 2.37. The summed E-state index contributed by atoms with van der Waals surface area (Å²) >= 11 is 1.99. The molecule has 1 atom stereocenters. The van der Waals surface area contributed by atoms with E-state index in [0.717, 1.165) is 47.6 Å². The molecule has 0 unspecified atom stereocenters. The summed E-state index contributed by atoms with van der Waals surface area (Å²) in [5, 5.41) is 3.36. The summed E-state index contributed by atoms with van der Waals surface area (Å²) in [4.78, 5) is 18.2. The molecule has 4 rings (SSSR count). The molecule has 5 nitrogen and oxygen atoms in total. The predicted octanol–water partition coefficient (Wildman–Crippen LogP) is 4.89. The minimum absolute atomic E-state index is 0.0884. The van der Waals surface area contributed by atoms with Gasteiger partial charge in [-0.05, 0) is 61.0 Å². The quantitative estimate of drug-likeness (QED) is 0.587. The molecule has 1 fully saturated rings. The second-order valence-electron chi connectivity index (χ2n) is 8.87. The molecule has 0 bridgehead atoms. The smallest absolute Gasteiger partial charge is 0.222 e. The van der Waals surface area contributed by atoms with Gasteiger partial charge < -0.3 is 14.5 Å². The lowest BCUT2D eigenvalue weighted by Crippen LogP contribution is -2.43. The standard InChI is InChI=1S/C24H32N4OS/c1-18(2)16-20(23-26-19-8-4-5-9-21(19)27(23)3)25-22(29)17-24(10-14-30-15-11-24)28-12-6-7-13-28/h4-9,12-13,18,20H,10-11,14-17H2,1-3H3,(H,25,29)/t20-/m0/s1. The minimum atomic E-state index is -0.117. The zero-order valence-corrected chi connectivity index (χ0v) is 19.0. The van der Waals surface area contributed by atoms with Gasteiger partial charge in [-0.3, -0.25) is 4.79 Å². The van der Waals surface area contributed by atoms with Crippen LogP contribution in [0.15, 0.2) is 48.8 Å². The highest BCUT2D eigenvalue weighted by atomic mass is 32.2. The van der Waals surface area contributed by atoms with Crippen LogP contribution in [-0.4, -0.2) is 31.5 Å². The summed E-state index contributed by atoms with van der Waals surface area (Å²) in [5.74, 6) is 3.72. The van der Waals surface area contributed by atoms with Gasteiger partial charge in [-0.25, -0.2) is 4.98 Å². The number of aryl methyl sites for hydroxylation is 1. The molecule has 0 saturated carbocycles. The van der Waals surface area contributed by atoms with E-state index in [-0.39, 0.29) is 17.5 Å². The number of hydrogen-bond acceptors (Lipinski definition) is 3. The van der Waals surface area contributed by atoms with Crippen molar-refractivity contribution < 1.29 is 4.79 Å². The maximum atomic E-state index is 13.3. The average molecular weight is 425 g/mol. The van der Waals surface area contributed by atoms with Gasteiger partial charge in [-0.1, -0.05) is 26.0 Å². The van der Waals surface area contributed by atoms with Crippen molar-refractivity contribution in [1.29, 1.82) is 0 Å². The van der Waals surface area contributed by atoms with E-state index in [1.807, 2.05) is 37.0 Å². The van der Waals surface area contributed by atoms with E-state index in [1.54, 1.807) is 0 Å². The van der Waals surface area contributed by atoms with Gasteiger partial charge in [0, 0.05) is 19.4 Å². The highest BCUT2D eigenvalue weighted by molar-refractivity contribution is 7.99. The molecule has 6 heteroatoms. The van der Waals surface area contributed by atoms with E-state index in [9.17, 15) is 4.79 Å². The maximum absolute atomic E-state index is 13.3. The largest absolute Gasteiger partial charge is 0.348 e. The summed E-state index contributed by atoms with van der Waals surface area (Å²) in [7, 11) is 2.05. The zero-order valence-electron chi connectivity index (χ0n) is 18.2. The van der Waals surface area contributed by atoms with Crippen LogP contribution in [0.4, 0.5) is 0 Å². The molecule has 1 aliphatic heterocycles. The fourth-order valence-electron chi connectivity index (χ4n) is 4.65. The lowest BCUT2D eigenvalue weighted by molar-refractivity contribution is -0.124. The number of benzene rings is 1. The number of nitrogens with one attached hydrogen (secondary N) is 1. The molecule has 160 valence electrons. The van der Waals surface area contributed by atoms with Gasteiger partial charge in [-0.2, -0.15) is 11.8 Å². The number of carbonyl (C=O) groups excluding carboxylic acids is 1. The summed E-state index contributed by atoms with van der Waals surface area (Å²) in [6.45, 7) is 4.39. The monoisotopic (exact) mass is 424 g/mol. The minimum Gasteiger partial charge on any atom is -0.348 e. The Morgan fingerprint density at radius 2 is 1.87 bits per heavy atom. The number of amides is 1. The molecule has 2 aromatic heterocycles. The number of thioether (sulfide) groups is 1. The van der Waals surface area contributed by atoms with Gasteiger partial charge in [0.15, 0.2) is 0 Å². The van der Waals surface area contributed by atoms with E-state index in [2.05, 4.69) is 58.9 Å². The number of aromatic nitrogens is 3. The van der Waals surface area contributed by atoms with Crippen molar-refractivity contribution in [3.8, 4) is 0 Å². The molecule has 1 saturated heterocycles. The van der Waals surface area contributed by atoms with Crippen molar-refractivity contribution in [1.82, 2.24) is 19.4 Å². The van der Waals surface area contributed by atoms with Crippen LogP contribution in [0.5, 0.6) is 0 Å². The van der Waals surface area contributed by atoms with Crippen LogP contribution >= 0.6 is 11.8 Å². The lowest BCUT2D eigenvalue weighted by Gasteiger charge is -2.38. The number of nitrogens with zero attached hydrogens (tertiary/aromatic N) is 3. The molecular weight excluding hydrogens is 392 g/mol. The Labute approximate surface area is 183 Å². The molecular formula is C24H32N4OS. The molecule has 1 aromatic carbocycles. The fraction of sp³-hybridized carbons (Fsp3) is 0.500. The molecule has 0 aliphatic carbocycles. The number of imidazole rings is 1. The molecule has 3 heterocycles. The third-order valence-electron chi connectivity index (χ3n) is 6.24. The fourth-order valence-corrected chi connectivity index (χ4v) is 5.90. The van der Waals surface area contributed by atoms with E-state index < -0.39 is 0 Å². The molecule has 1 N–H and O–H groups in total. The Bertz CT molecular complexity index is 986. The van der Waals surface area contributed by atoms with Gasteiger partial charge in [0.25, 0.3) is 0 Å². The number of para-hydroxylation sites is 2. The van der Waals surface area contributed by atoms with Crippen molar-refractivity contribution in [2.75, 3.05) is 11.5 Å². The lowest BCUT2D eigenvalue weighted by atomic mass is 9.87. The Morgan fingerprint density at radius 3 is 2.53 bits per heavy atom.